The molecule has 8 heteroatoms. The smallest absolute Gasteiger partial charge is 0.251 e. The summed E-state index contributed by atoms with van der Waals surface area (Å²) < 4.78 is 6.30. The van der Waals surface area contributed by atoms with Crippen molar-refractivity contribution in [3.63, 3.8) is 0 Å². The molecule has 0 bridgehead atoms. The van der Waals surface area contributed by atoms with Gasteiger partial charge in [-0.1, -0.05) is 60.5 Å². The number of benzene rings is 3. The maximum Gasteiger partial charge on any atom is 0.251 e. The van der Waals surface area contributed by atoms with Crippen molar-refractivity contribution in [2.45, 2.75) is 44.6 Å². The molecule has 0 spiro atoms. The van der Waals surface area contributed by atoms with Gasteiger partial charge in [-0.2, -0.15) is 0 Å². The van der Waals surface area contributed by atoms with Crippen LogP contribution in [0, 0.1) is 3.57 Å². The number of ketones is 1. The van der Waals surface area contributed by atoms with Crippen LogP contribution in [-0.2, 0) is 9.59 Å². The molecule has 0 radical (unpaired) electrons. The molecule has 4 aromatic rings. The van der Waals surface area contributed by atoms with E-state index in [0.29, 0.717) is 23.4 Å². The van der Waals surface area contributed by atoms with Crippen molar-refractivity contribution in [2.75, 3.05) is 5.32 Å². The molecule has 208 valence electrons. The van der Waals surface area contributed by atoms with E-state index in [1.54, 1.807) is 18.3 Å². The van der Waals surface area contributed by atoms with Crippen LogP contribution in [0.5, 0.6) is 0 Å². The van der Waals surface area contributed by atoms with Crippen LogP contribution in [0.1, 0.15) is 48.9 Å². The zero-order valence-electron chi connectivity index (χ0n) is 22.4. The van der Waals surface area contributed by atoms with Gasteiger partial charge in [-0.15, -0.1) is 0 Å². The molecule has 1 heterocycles. The van der Waals surface area contributed by atoms with Crippen molar-refractivity contribution in [1.29, 1.82) is 0 Å². The Morgan fingerprint density at radius 3 is 2.51 bits per heavy atom. The number of halogens is 1. The summed E-state index contributed by atoms with van der Waals surface area (Å²) >= 11 is 2.20. The average Bonchev–Trinajstić information content (AvgIpc) is 3.51. The van der Waals surface area contributed by atoms with Crippen molar-refractivity contribution in [1.82, 2.24) is 10.3 Å². The van der Waals surface area contributed by atoms with E-state index in [1.807, 2.05) is 66.7 Å². The van der Waals surface area contributed by atoms with E-state index in [9.17, 15) is 14.4 Å². The molecule has 1 aliphatic rings. The number of allylic oxidation sites excluding steroid dienone is 1. The van der Waals surface area contributed by atoms with Crippen LogP contribution in [-0.4, -0.2) is 28.6 Å². The van der Waals surface area contributed by atoms with Crippen molar-refractivity contribution < 1.29 is 18.8 Å². The number of Topliss-reactive ketones (excluding diaryl/α,β-unsaturated/α-hetero) is 1. The van der Waals surface area contributed by atoms with E-state index < -0.39 is 6.04 Å². The predicted octanol–water partition coefficient (Wildman–Crippen LogP) is 7.20. The highest BCUT2D eigenvalue weighted by Gasteiger charge is 2.24. The van der Waals surface area contributed by atoms with Gasteiger partial charge in [0.05, 0.1) is 12.2 Å². The third-order valence-corrected chi connectivity index (χ3v) is 8.01. The van der Waals surface area contributed by atoms with Gasteiger partial charge in [0.2, 0.25) is 5.91 Å². The lowest BCUT2D eigenvalue weighted by molar-refractivity contribution is -0.120. The molecule has 1 unspecified atom stereocenters. The first-order chi connectivity index (χ1) is 20.0. The summed E-state index contributed by atoms with van der Waals surface area (Å²) in [5.41, 5.74) is 5.16. The second-order valence-electron chi connectivity index (χ2n) is 10.0. The number of hydrogen-bond acceptors (Lipinski definition) is 5. The molecular weight excluding hydrogens is 629 g/mol. The summed E-state index contributed by atoms with van der Waals surface area (Å²) in [5, 5.41) is 5.87. The second kappa shape index (κ2) is 13.5. The van der Waals surface area contributed by atoms with Crippen molar-refractivity contribution in [2.24, 2.45) is 0 Å². The zero-order valence-corrected chi connectivity index (χ0v) is 24.6. The number of rotatable bonds is 7. The Morgan fingerprint density at radius 2 is 1.78 bits per heavy atom. The Morgan fingerprint density at radius 1 is 1.00 bits per heavy atom. The maximum atomic E-state index is 13.1. The molecule has 3 aromatic carbocycles. The quantitative estimate of drug-likeness (QED) is 0.162. The van der Waals surface area contributed by atoms with Gasteiger partial charge in [0.25, 0.3) is 5.91 Å². The zero-order chi connectivity index (χ0) is 28.6. The van der Waals surface area contributed by atoms with E-state index in [2.05, 4.69) is 38.2 Å². The third kappa shape index (κ3) is 7.58. The Balaban J connectivity index is 1.15. The normalized spacial score (nSPS) is 16.6. The lowest BCUT2D eigenvalue weighted by Crippen LogP contribution is -2.41. The fraction of sp³-hybridized carbons (Fsp3) is 0.212. The van der Waals surface area contributed by atoms with Crippen molar-refractivity contribution in [3.05, 3.63) is 106 Å². The summed E-state index contributed by atoms with van der Waals surface area (Å²) in [6.07, 6.45) is 8.40. The molecule has 1 saturated carbocycles. The Kier molecular flexibility index (Phi) is 9.40. The largest absolute Gasteiger partial charge is 0.443 e. The highest BCUT2D eigenvalue weighted by molar-refractivity contribution is 14.1. The van der Waals surface area contributed by atoms with Crippen LogP contribution in [0.4, 0.5) is 5.69 Å². The van der Waals surface area contributed by atoms with Crippen LogP contribution >= 0.6 is 22.6 Å². The number of amides is 2. The van der Waals surface area contributed by atoms with Crippen molar-refractivity contribution in [3.8, 4) is 22.5 Å². The first kappa shape index (κ1) is 28.5. The summed E-state index contributed by atoms with van der Waals surface area (Å²) in [6, 6.07) is 22.4. The molecule has 7 nitrogen and oxygen atoms in total. The number of carbonyl (C=O) groups is 3. The molecule has 1 aliphatic carbocycles. The lowest BCUT2D eigenvalue weighted by Gasteiger charge is -2.21. The van der Waals surface area contributed by atoms with Gasteiger partial charge in [-0.3, -0.25) is 14.4 Å². The lowest BCUT2D eigenvalue weighted by atomic mass is 9.91. The Hall–Kier alpha value is -4.05. The molecule has 0 aliphatic heterocycles. The fourth-order valence-corrected chi connectivity index (χ4v) is 5.68. The number of aromatic nitrogens is 1. The van der Waals surface area contributed by atoms with Gasteiger partial charge >= 0.3 is 0 Å². The molecule has 0 saturated heterocycles. The molecule has 5 rings (SSSR count). The van der Waals surface area contributed by atoms with Crippen molar-refractivity contribution >= 4 is 45.9 Å². The highest BCUT2D eigenvalue weighted by Crippen LogP contribution is 2.28. The molecule has 41 heavy (non-hydrogen) atoms. The van der Waals surface area contributed by atoms with E-state index in [0.717, 1.165) is 45.1 Å². The SMILES string of the molecule is O=C(C/C=C1\CCCCC(NC(=O)c2ccc(-c3ccccc3)cc2)C(=O)C1)Nc1ccc(-c2cnco2)c(I)c1. The second-order valence-corrected chi connectivity index (χ2v) is 11.2. The minimum absolute atomic E-state index is 0.0248. The summed E-state index contributed by atoms with van der Waals surface area (Å²) in [6.45, 7) is 0. The van der Waals surface area contributed by atoms with E-state index in [-0.39, 0.29) is 30.4 Å². The molecule has 1 fully saturated rings. The topological polar surface area (TPSA) is 101 Å². The number of nitrogens with zero attached hydrogens (tertiary/aromatic N) is 1. The number of oxazole rings is 1. The predicted molar refractivity (Wildman–Crippen MR) is 167 cm³/mol. The van der Waals surface area contributed by atoms with Crippen LogP contribution in [0.25, 0.3) is 22.5 Å². The van der Waals surface area contributed by atoms with Crippen LogP contribution in [0.2, 0.25) is 0 Å². The monoisotopic (exact) mass is 659 g/mol. The molecular formula is C33H30IN3O4. The van der Waals surface area contributed by atoms with Gasteiger partial charge in [0.15, 0.2) is 17.9 Å². The van der Waals surface area contributed by atoms with Crippen LogP contribution in [0.15, 0.2) is 101 Å². The number of carbonyl (C=O) groups excluding carboxylic acids is 3. The number of nitrogens with one attached hydrogen (secondary N) is 2. The molecule has 1 aromatic heterocycles. The molecule has 2 N–H and O–H groups in total. The van der Waals surface area contributed by atoms with E-state index >= 15 is 0 Å². The average molecular weight is 660 g/mol. The summed E-state index contributed by atoms with van der Waals surface area (Å²) in [5.74, 6) is 0.237. The number of hydrogen-bond donors (Lipinski definition) is 2. The maximum absolute atomic E-state index is 13.1. The minimum Gasteiger partial charge on any atom is -0.443 e. The van der Waals surface area contributed by atoms with Gasteiger partial charge in [-0.25, -0.2) is 4.98 Å². The molecule has 1 atom stereocenters. The summed E-state index contributed by atoms with van der Waals surface area (Å²) in [4.78, 5) is 42.7. The fourth-order valence-electron chi connectivity index (χ4n) is 4.90. The van der Waals surface area contributed by atoms with Crippen LogP contribution in [0.3, 0.4) is 0 Å². The van der Waals surface area contributed by atoms with Gasteiger partial charge < -0.3 is 15.1 Å². The van der Waals surface area contributed by atoms with E-state index in [4.69, 9.17) is 4.42 Å². The standard InChI is InChI=1S/C33H30IN3O4/c34-28-19-26(15-16-27(28)31-20-35-21-41-31)36-32(39)17-10-22-6-4-5-9-29(30(38)18-22)37-33(40)25-13-11-24(12-14-25)23-7-2-1-3-8-23/h1-3,7-8,10-16,19-21,29H,4-6,9,17-18H2,(H,36,39)(H,37,40)/b22-10+. The van der Waals surface area contributed by atoms with Gasteiger partial charge in [0, 0.05) is 33.2 Å². The Labute approximate surface area is 252 Å². The number of anilines is 1. The van der Waals surface area contributed by atoms with E-state index in [1.165, 1.54) is 6.39 Å². The summed E-state index contributed by atoms with van der Waals surface area (Å²) in [7, 11) is 0. The third-order valence-electron chi connectivity index (χ3n) is 7.12. The highest BCUT2D eigenvalue weighted by atomic mass is 127. The minimum atomic E-state index is -0.543. The van der Waals surface area contributed by atoms with Gasteiger partial charge in [0.1, 0.15) is 0 Å². The first-order valence-corrected chi connectivity index (χ1v) is 14.7. The Bertz CT molecular complexity index is 1550. The van der Waals surface area contributed by atoms with Crippen LogP contribution < -0.4 is 10.6 Å². The first-order valence-electron chi connectivity index (χ1n) is 13.6. The van der Waals surface area contributed by atoms with Gasteiger partial charge in [-0.05, 0) is 83.3 Å². The molecule has 2 amide bonds.